The summed E-state index contributed by atoms with van der Waals surface area (Å²) in [5.41, 5.74) is 1.14. The van der Waals surface area contributed by atoms with Gasteiger partial charge in [-0.3, -0.25) is 0 Å². The Kier molecular flexibility index (Phi) is 7.34. The minimum Gasteiger partial charge on any atom is -0.507 e. The van der Waals surface area contributed by atoms with Crippen molar-refractivity contribution in [3.05, 3.63) is 99.9 Å². The molecule has 0 bridgehead atoms. The van der Waals surface area contributed by atoms with Crippen molar-refractivity contribution in [2.45, 2.75) is 12.6 Å². The number of halogens is 3. The Bertz CT molecular complexity index is 1710. The van der Waals surface area contributed by atoms with Gasteiger partial charge in [0.25, 0.3) is 0 Å². The monoisotopic (exact) mass is 554 g/mol. The minimum atomic E-state index is -1.30. The first-order valence-electron chi connectivity index (χ1n) is 11.7. The van der Waals surface area contributed by atoms with Gasteiger partial charge >= 0.3 is 5.97 Å². The largest absolute Gasteiger partial charge is 0.507 e. The van der Waals surface area contributed by atoms with Gasteiger partial charge in [-0.25, -0.2) is 18.6 Å². The molecule has 11 heteroatoms. The van der Waals surface area contributed by atoms with Crippen LogP contribution in [0.2, 0.25) is 5.02 Å². The number of furan rings is 1. The molecule has 5 aromatic rings. The number of hydrogen-bond donors (Lipinski definition) is 4. The highest BCUT2D eigenvalue weighted by Crippen LogP contribution is 2.44. The number of aromatic hydroxyl groups is 1. The smallest absolute Gasteiger partial charge is 0.339 e. The molecule has 39 heavy (non-hydrogen) atoms. The molecule has 1 unspecified atom stereocenters. The van der Waals surface area contributed by atoms with E-state index >= 15 is 0 Å². The molecule has 0 radical (unpaired) electrons. The number of benzene rings is 3. The van der Waals surface area contributed by atoms with Gasteiger partial charge in [0.1, 0.15) is 41.4 Å². The number of pyridine rings is 1. The van der Waals surface area contributed by atoms with E-state index in [1.54, 1.807) is 12.1 Å². The van der Waals surface area contributed by atoms with Gasteiger partial charge in [0.15, 0.2) is 0 Å². The predicted octanol–water partition coefficient (Wildman–Crippen LogP) is 5.57. The van der Waals surface area contributed by atoms with Crippen molar-refractivity contribution in [3.63, 3.8) is 0 Å². The maximum absolute atomic E-state index is 14.1. The van der Waals surface area contributed by atoms with Gasteiger partial charge in [-0.1, -0.05) is 17.7 Å². The molecule has 0 saturated heterocycles. The number of nitrogens with one attached hydrogen (secondary N) is 1. The van der Waals surface area contributed by atoms with E-state index in [2.05, 4.69) is 10.3 Å². The number of ether oxygens (including phenoxy) is 1. The Morgan fingerprint density at radius 3 is 2.69 bits per heavy atom. The first-order valence-corrected chi connectivity index (χ1v) is 12.1. The fourth-order valence-electron chi connectivity index (χ4n) is 4.50. The molecular formula is C28H21ClF2N2O6. The first kappa shape index (κ1) is 26.4. The molecule has 1 atom stereocenters. The van der Waals surface area contributed by atoms with Gasteiger partial charge in [0, 0.05) is 40.5 Å². The number of aromatic carboxylic acids is 1. The molecule has 2 heterocycles. The zero-order valence-corrected chi connectivity index (χ0v) is 20.9. The summed E-state index contributed by atoms with van der Waals surface area (Å²) < 4.78 is 39.0. The molecule has 3 aromatic carbocycles. The lowest BCUT2D eigenvalue weighted by atomic mass is 9.90. The van der Waals surface area contributed by atoms with Gasteiger partial charge in [0.05, 0.1) is 17.7 Å². The maximum atomic E-state index is 14.1. The van der Waals surface area contributed by atoms with Gasteiger partial charge in [-0.05, 0) is 47.5 Å². The van der Waals surface area contributed by atoms with Crippen molar-refractivity contribution < 1.29 is 38.0 Å². The molecule has 0 amide bonds. The van der Waals surface area contributed by atoms with E-state index in [4.69, 9.17) is 20.8 Å². The molecule has 5 rings (SSSR count). The number of carboxylic acids is 1. The summed E-state index contributed by atoms with van der Waals surface area (Å²) >= 11 is 5.85. The number of carboxylic acid groups (broad SMARTS) is 1. The Hall–Kier alpha value is -4.25. The second-order valence-corrected chi connectivity index (χ2v) is 9.09. The zero-order chi connectivity index (χ0) is 27.7. The standard InChI is InChI=1S/C28H21ClF2N2O6/c29-20-9-14(1-4-21(20)31)12-38-22-10-15(5-6-32-22)25(33-7-8-34)24-23-19(28(36)37)13-39-27(23)18-11-16(30)2-3-17(18)26(24)35/h1-6,9-11,13,25,33-35H,7-8,12H2,(H,36,37). The first-order chi connectivity index (χ1) is 18.8. The summed E-state index contributed by atoms with van der Waals surface area (Å²) in [4.78, 5) is 16.3. The number of phenolic OH excluding ortho intramolecular Hbond substituents is 1. The highest BCUT2D eigenvalue weighted by atomic mass is 35.5. The van der Waals surface area contributed by atoms with Crippen molar-refractivity contribution in [2.75, 3.05) is 13.2 Å². The molecule has 0 fully saturated rings. The summed E-state index contributed by atoms with van der Waals surface area (Å²) in [5.74, 6) is -2.53. The van der Waals surface area contributed by atoms with E-state index in [1.165, 1.54) is 36.5 Å². The van der Waals surface area contributed by atoms with Crippen molar-refractivity contribution in [1.29, 1.82) is 0 Å². The molecule has 0 aliphatic heterocycles. The van der Waals surface area contributed by atoms with Crippen LogP contribution >= 0.6 is 11.6 Å². The predicted molar refractivity (Wildman–Crippen MR) is 139 cm³/mol. The molecule has 0 aliphatic carbocycles. The van der Waals surface area contributed by atoms with Crippen LogP contribution < -0.4 is 10.1 Å². The lowest BCUT2D eigenvalue weighted by molar-refractivity contribution is 0.0698. The van der Waals surface area contributed by atoms with Gasteiger partial charge in [0.2, 0.25) is 5.88 Å². The fraction of sp³-hybridized carbons (Fsp3) is 0.143. The van der Waals surface area contributed by atoms with E-state index in [0.717, 1.165) is 12.3 Å². The number of rotatable bonds is 9. The normalized spacial score (nSPS) is 12.2. The van der Waals surface area contributed by atoms with Crippen LogP contribution in [0.4, 0.5) is 8.78 Å². The third-order valence-corrected chi connectivity index (χ3v) is 6.53. The Balaban J connectivity index is 1.63. The molecule has 0 spiro atoms. The zero-order valence-electron chi connectivity index (χ0n) is 20.1. The summed E-state index contributed by atoms with van der Waals surface area (Å²) in [5, 5.41) is 34.4. The second kappa shape index (κ2) is 10.9. The number of carbonyl (C=O) groups is 1. The van der Waals surface area contributed by atoms with Crippen LogP contribution in [0.25, 0.3) is 21.7 Å². The van der Waals surface area contributed by atoms with Crippen LogP contribution in [0.1, 0.15) is 33.1 Å². The van der Waals surface area contributed by atoms with Crippen LogP contribution in [0.15, 0.2) is 65.4 Å². The molecule has 0 saturated carbocycles. The van der Waals surface area contributed by atoms with Crippen molar-refractivity contribution in [2.24, 2.45) is 0 Å². The summed E-state index contributed by atoms with van der Waals surface area (Å²) in [6, 6.07) is 10.3. The van der Waals surface area contributed by atoms with Gasteiger partial charge < -0.3 is 29.8 Å². The van der Waals surface area contributed by atoms with Crippen LogP contribution in [0, 0.1) is 11.6 Å². The van der Waals surface area contributed by atoms with Crippen LogP contribution in [0.5, 0.6) is 11.6 Å². The number of phenols is 1. The second-order valence-electron chi connectivity index (χ2n) is 8.69. The maximum Gasteiger partial charge on any atom is 0.339 e. The quantitative estimate of drug-likeness (QED) is 0.186. The van der Waals surface area contributed by atoms with E-state index in [0.29, 0.717) is 11.1 Å². The Morgan fingerprint density at radius 1 is 1.13 bits per heavy atom. The fourth-order valence-corrected chi connectivity index (χ4v) is 4.70. The Labute approximate surface area is 225 Å². The number of aromatic nitrogens is 1. The number of fused-ring (bicyclic) bond motifs is 3. The highest BCUT2D eigenvalue weighted by Gasteiger charge is 2.29. The average molecular weight is 555 g/mol. The van der Waals surface area contributed by atoms with Gasteiger partial charge in [-0.2, -0.15) is 0 Å². The highest BCUT2D eigenvalue weighted by molar-refractivity contribution is 6.30. The number of hydrogen-bond acceptors (Lipinski definition) is 7. The number of aliphatic hydroxyl groups is 1. The van der Waals surface area contributed by atoms with E-state index in [1.807, 2.05) is 0 Å². The third kappa shape index (κ3) is 5.09. The number of aliphatic hydroxyl groups excluding tert-OH is 1. The molecule has 0 aliphatic rings. The van der Waals surface area contributed by atoms with Crippen LogP contribution in [-0.2, 0) is 6.61 Å². The van der Waals surface area contributed by atoms with E-state index in [9.17, 15) is 28.9 Å². The van der Waals surface area contributed by atoms with Crippen molar-refractivity contribution >= 4 is 39.3 Å². The molecule has 4 N–H and O–H groups in total. The summed E-state index contributed by atoms with van der Waals surface area (Å²) in [6.45, 7) is -0.136. The lowest BCUT2D eigenvalue weighted by Gasteiger charge is -2.23. The molecule has 200 valence electrons. The van der Waals surface area contributed by atoms with E-state index < -0.39 is 23.6 Å². The average Bonchev–Trinajstić information content (AvgIpc) is 3.37. The van der Waals surface area contributed by atoms with E-state index in [-0.39, 0.29) is 69.3 Å². The third-order valence-electron chi connectivity index (χ3n) is 6.24. The summed E-state index contributed by atoms with van der Waals surface area (Å²) in [6.07, 6.45) is 2.51. The molecule has 2 aromatic heterocycles. The van der Waals surface area contributed by atoms with Crippen LogP contribution in [0.3, 0.4) is 0 Å². The van der Waals surface area contributed by atoms with Gasteiger partial charge in [-0.15, -0.1) is 0 Å². The lowest BCUT2D eigenvalue weighted by Crippen LogP contribution is -2.26. The molecular weight excluding hydrogens is 534 g/mol. The van der Waals surface area contributed by atoms with Crippen LogP contribution in [-0.4, -0.2) is 39.4 Å². The minimum absolute atomic E-state index is 0.0348. The van der Waals surface area contributed by atoms with Crippen molar-refractivity contribution in [1.82, 2.24) is 10.3 Å². The Morgan fingerprint density at radius 2 is 1.95 bits per heavy atom. The SMILES string of the molecule is O=C(O)c1coc2c1c(C(NCCO)c1ccnc(OCc3ccc(F)c(Cl)c3)c1)c(O)c1ccc(F)cc12. The summed E-state index contributed by atoms with van der Waals surface area (Å²) in [7, 11) is 0. The van der Waals surface area contributed by atoms with Crippen molar-refractivity contribution in [3.8, 4) is 11.6 Å². The topological polar surface area (TPSA) is 125 Å². The number of nitrogens with zero attached hydrogens (tertiary/aromatic N) is 1. The molecule has 8 nitrogen and oxygen atoms in total.